The maximum absolute atomic E-state index is 12.1. The van der Waals surface area contributed by atoms with E-state index in [0.717, 1.165) is 24.4 Å². The van der Waals surface area contributed by atoms with Crippen LogP contribution >= 0.6 is 11.8 Å². The van der Waals surface area contributed by atoms with Crippen LogP contribution in [0.2, 0.25) is 0 Å². The van der Waals surface area contributed by atoms with E-state index in [2.05, 4.69) is 11.8 Å². The highest BCUT2D eigenvalue weighted by molar-refractivity contribution is 8.00. The number of thioether (sulfide) groups is 1. The predicted molar refractivity (Wildman–Crippen MR) is 72.7 cm³/mol. The normalized spacial score (nSPS) is 21.6. The van der Waals surface area contributed by atoms with E-state index < -0.39 is 0 Å². The molecule has 0 aliphatic carbocycles. The summed E-state index contributed by atoms with van der Waals surface area (Å²) in [5.74, 6) is 1.40. The zero-order chi connectivity index (χ0) is 12.3. The molecule has 0 radical (unpaired) electrons. The van der Waals surface area contributed by atoms with Crippen molar-refractivity contribution in [2.75, 3.05) is 25.4 Å². The number of hydrogen-bond donors (Lipinski definition) is 0. The fraction of sp³-hybridized carbons (Fsp3) is 0.615. The van der Waals surface area contributed by atoms with Gasteiger partial charge in [-0.15, -0.1) is 0 Å². The average Bonchev–Trinajstić information content (AvgIpc) is 2.76. The Labute approximate surface area is 107 Å². The highest BCUT2D eigenvalue weighted by atomic mass is 32.2. The summed E-state index contributed by atoms with van der Waals surface area (Å²) in [6.07, 6.45) is 5.02. The summed E-state index contributed by atoms with van der Waals surface area (Å²) < 4.78 is 1.92. The second-order valence-electron chi connectivity index (χ2n) is 4.62. The average molecular weight is 252 g/mol. The number of rotatable bonds is 4. The molecule has 4 heteroatoms. The molecular weight excluding hydrogens is 232 g/mol. The molecule has 2 heterocycles. The Balaban J connectivity index is 1.90. The molecule has 17 heavy (non-hydrogen) atoms. The summed E-state index contributed by atoms with van der Waals surface area (Å²) in [7, 11) is 1.95. The first kappa shape index (κ1) is 12.7. The van der Waals surface area contributed by atoms with Crippen molar-refractivity contribution in [2.45, 2.75) is 18.6 Å². The third-order valence-electron chi connectivity index (χ3n) is 3.20. The third kappa shape index (κ3) is 3.36. The van der Waals surface area contributed by atoms with Crippen molar-refractivity contribution < 1.29 is 4.79 Å². The van der Waals surface area contributed by atoms with Gasteiger partial charge in [-0.05, 0) is 12.5 Å². The van der Waals surface area contributed by atoms with E-state index in [-0.39, 0.29) is 5.78 Å². The van der Waals surface area contributed by atoms with Crippen molar-refractivity contribution >= 4 is 17.5 Å². The zero-order valence-corrected chi connectivity index (χ0v) is 11.4. The maximum Gasteiger partial charge on any atom is 0.178 e. The van der Waals surface area contributed by atoms with E-state index in [1.807, 2.05) is 41.8 Å². The molecule has 0 amide bonds. The van der Waals surface area contributed by atoms with Gasteiger partial charge in [0.1, 0.15) is 0 Å². The summed E-state index contributed by atoms with van der Waals surface area (Å²) in [6, 6.07) is 1.90. The summed E-state index contributed by atoms with van der Waals surface area (Å²) in [5, 5.41) is 0.701. The Bertz CT molecular complexity index is 389. The van der Waals surface area contributed by atoms with Gasteiger partial charge in [0.05, 0.1) is 6.54 Å². The van der Waals surface area contributed by atoms with Crippen LogP contribution in [0.4, 0.5) is 0 Å². The van der Waals surface area contributed by atoms with Crippen molar-refractivity contribution in [3.63, 3.8) is 0 Å². The minimum atomic E-state index is 0.243. The van der Waals surface area contributed by atoms with Crippen LogP contribution in [0, 0.1) is 0 Å². The lowest BCUT2D eigenvalue weighted by atomic mass is 10.2. The van der Waals surface area contributed by atoms with Gasteiger partial charge in [-0.3, -0.25) is 9.69 Å². The number of carbonyl (C=O) groups excluding carboxylic acids is 1. The number of aromatic nitrogens is 1. The van der Waals surface area contributed by atoms with Gasteiger partial charge in [-0.25, -0.2) is 0 Å². The van der Waals surface area contributed by atoms with Gasteiger partial charge in [0.2, 0.25) is 0 Å². The number of aryl methyl sites for hydroxylation is 1. The van der Waals surface area contributed by atoms with Gasteiger partial charge in [0.15, 0.2) is 5.78 Å². The molecule has 0 spiro atoms. The molecule has 0 bridgehead atoms. The van der Waals surface area contributed by atoms with Crippen LogP contribution in [0.25, 0.3) is 0 Å². The van der Waals surface area contributed by atoms with Crippen molar-refractivity contribution in [1.29, 1.82) is 0 Å². The van der Waals surface area contributed by atoms with Crippen molar-refractivity contribution in [2.24, 2.45) is 7.05 Å². The molecule has 1 aliphatic rings. The number of ketones is 1. The summed E-state index contributed by atoms with van der Waals surface area (Å²) in [4.78, 5) is 14.4. The van der Waals surface area contributed by atoms with Gasteiger partial charge in [-0.1, -0.05) is 6.92 Å². The van der Waals surface area contributed by atoms with Gasteiger partial charge >= 0.3 is 0 Å². The molecule has 94 valence electrons. The lowest BCUT2D eigenvalue weighted by Gasteiger charge is -2.31. The summed E-state index contributed by atoms with van der Waals surface area (Å²) in [5.41, 5.74) is 0.832. The van der Waals surface area contributed by atoms with E-state index in [9.17, 15) is 4.79 Å². The molecule has 0 N–H and O–H groups in total. The van der Waals surface area contributed by atoms with Crippen molar-refractivity contribution in [1.82, 2.24) is 9.47 Å². The number of Topliss-reactive ketones (excluding diaryl/α,β-unsaturated/α-hetero) is 1. The summed E-state index contributed by atoms with van der Waals surface area (Å²) >= 11 is 2.04. The van der Waals surface area contributed by atoms with E-state index in [1.54, 1.807) is 0 Å². The lowest BCUT2D eigenvalue weighted by molar-refractivity contribution is 0.0932. The molecule has 1 aromatic heterocycles. The highest BCUT2D eigenvalue weighted by Gasteiger charge is 2.21. The molecule has 0 aromatic carbocycles. The van der Waals surface area contributed by atoms with Crippen molar-refractivity contribution in [3.05, 3.63) is 24.0 Å². The smallest absolute Gasteiger partial charge is 0.178 e. The second kappa shape index (κ2) is 5.74. The van der Waals surface area contributed by atoms with E-state index >= 15 is 0 Å². The monoisotopic (exact) mass is 252 g/mol. The quantitative estimate of drug-likeness (QED) is 0.767. The van der Waals surface area contributed by atoms with E-state index in [1.165, 1.54) is 6.42 Å². The van der Waals surface area contributed by atoms with Crippen LogP contribution in [-0.4, -0.2) is 45.9 Å². The molecule has 1 aromatic rings. The minimum absolute atomic E-state index is 0.243. The molecule has 1 atom stereocenters. The second-order valence-corrected chi connectivity index (χ2v) is 6.03. The Kier molecular flexibility index (Phi) is 4.29. The largest absolute Gasteiger partial charge is 0.357 e. The van der Waals surface area contributed by atoms with Gasteiger partial charge in [0, 0.05) is 49.1 Å². The topological polar surface area (TPSA) is 25.2 Å². The Morgan fingerprint density at radius 2 is 2.41 bits per heavy atom. The van der Waals surface area contributed by atoms with Crippen LogP contribution in [0.1, 0.15) is 23.7 Å². The standard InChI is InChI=1S/C13H20N2OS/c1-3-12-9-15(6-7-17-12)10-13(16)11-4-5-14(2)8-11/h4-5,8,12H,3,6-7,9-10H2,1-2H3. The van der Waals surface area contributed by atoms with Crippen LogP contribution in [0.15, 0.2) is 18.5 Å². The molecule has 2 rings (SSSR count). The first-order chi connectivity index (χ1) is 8.19. The highest BCUT2D eigenvalue weighted by Crippen LogP contribution is 2.21. The molecule has 1 unspecified atom stereocenters. The van der Waals surface area contributed by atoms with Crippen LogP contribution in [0.3, 0.4) is 0 Å². The molecule has 1 aliphatic heterocycles. The third-order valence-corrected chi connectivity index (χ3v) is 4.57. The summed E-state index contributed by atoms with van der Waals surface area (Å²) in [6.45, 7) is 4.89. The van der Waals surface area contributed by atoms with Gasteiger partial charge in [0.25, 0.3) is 0 Å². The predicted octanol–water partition coefficient (Wildman–Crippen LogP) is 2.04. The zero-order valence-electron chi connectivity index (χ0n) is 10.6. The lowest BCUT2D eigenvalue weighted by Crippen LogP contribution is -2.40. The van der Waals surface area contributed by atoms with Crippen LogP contribution in [-0.2, 0) is 7.05 Å². The van der Waals surface area contributed by atoms with Gasteiger partial charge < -0.3 is 4.57 Å². The Morgan fingerprint density at radius 1 is 1.59 bits per heavy atom. The number of nitrogens with zero attached hydrogens (tertiary/aromatic N) is 2. The SMILES string of the molecule is CCC1CN(CC(=O)c2ccn(C)c2)CCS1. The Morgan fingerprint density at radius 3 is 3.06 bits per heavy atom. The van der Waals surface area contributed by atoms with Crippen LogP contribution in [0.5, 0.6) is 0 Å². The molecule has 0 saturated carbocycles. The Hall–Kier alpha value is -0.740. The van der Waals surface area contributed by atoms with E-state index in [0.29, 0.717) is 11.8 Å². The fourth-order valence-electron chi connectivity index (χ4n) is 2.13. The molecular formula is C13H20N2OS. The maximum atomic E-state index is 12.1. The molecule has 1 fully saturated rings. The minimum Gasteiger partial charge on any atom is -0.357 e. The first-order valence-electron chi connectivity index (χ1n) is 6.18. The van der Waals surface area contributed by atoms with E-state index in [4.69, 9.17) is 0 Å². The van der Waals surface area contributed by atoms with Crippen LogP contribution < -0.4 is 0 Å². The van der Waals surface area contributed by atoms with Crippen molar-refractivity contribution in [3.8, 4) is 0 Å². The first-order valence-corrected chi connectivity index (χ1v) is 7.23. The number of carbonyl (C=O) groups is 1. The fourth-order valence-corrected chi connectivity index (χ4v) is 3.38. The molecule has 1 saturated heterocycles. The van der Waals surface area contributed by atoms with Gasteiger partial charge in [-0.2, -0.15) is 11.8 Å². The number of hydrogen-bond acceptors (Lipinski definition) is 3. The molecule has 3 nitrogen and oxygen atoms in total.